The Morgan fingerprint density at radius 1 is 1.09 bits per heavy atom. The molecule has 0 aliphatic carbocycles. The highest BCUT2D eigenvalue weighted by molar-refractivity contribution is 6.01. The van der Waals surface area contributed by atoms with Gasteiger partial charge >= 0.3 is 0 Å². The zero-order valence-electron chi connectivity index (χ0n) is 13.2. The average molecular weight is 305 g/mol. The van der Waals surface area contributed by atoms with Crippen molar-refractivity contribution >= 4 is 23.0 Å². The molecular weight excluding hydrogens is 286 g/mol. The highest BCUT2D eigenvalue weighted by Crippen LogP contribution is 2.28. The van der Waals surface area contributed by atoms with Crippen LogP contribution in [0.4, 0.5) is 0 Å². The van der Waals surface area contributed by atoms with Gasteiger partial charge in [-0.1, -0.05) is 62.4 Å². The zero-order valence-corrected chi connectivity index (χ0v) is 13.2. The van der Waals surface area contributed by atoms with Crippen LogP contribution >= 0.6 is 0 Å². The molecule has 0 radical (unpaired) electrons. The van der Waals surface area contributed by atoms with Gasteiger partial charge in [0.1, 0.15) is 5.69 Å². The Bertz CT molecular complexity index is 847. The lowest BCUT2D eigenvalue weighted by molar-refractivity contribution is 0.0949. The number of carbonyl (C=O) groups excluding carboxylic acids is 1. The van der Waals surface area contributed by atoms with Gasteiger partial charge in [0.15, 0.2) is 0 Å². The third-order valence-electron chi connectivity index (χ3n) is 3.73. The van der Waals surface area contributed by atoms with E-state index in [0.29, 0.717) is 5.69 Å². The summed E-state index contributed by atoms with van der Waals surface area (Å²) in [5.41, 5.74) is 6.10. The number of rotatable bonds is 4. The van der Waals surface area contributed by atoms with E-state index < -0.39 is 0 Å². The quantitative estimate of drug-likeness (QED) is 0.554. The van der Waals surface area contributed by atoms with Crippen molar-refractivity contribution in [2.24, 2.45) is 5.10 Å². The van der Waals surface area contributed by atoms with Crippen LogP contribution in [0.2, 0.25) is 0 Å². The van der Waals surface area contributed by atoms with Gasteiger partial charge in [-0.25, -0.2) is 5.43 Å². The molecule has 0 atom stereocenters. The lowest BCUT2D eigenvalue weighted by Gasteiger charge is -2.07. The van der Waals surface area contributed by atoms with E-state index in [1.165, 1.54) is 0 Å². The van der Waals surface area contributed by atoms with Gasteiger partial charge in [-0.3, -0.25) is 4.79 Å². The van der Waals surface area contributed by atoms with Gasteiger partial charge in [0.05, 0.1) is 6.21 Å². The fraction of sp³-hybridized carbons (Fsp3) is 0.158. The molecule has 0 saturated carbocycles. The number of aromatic nitrogens is 1. The number of benzene rings is 2. The summed E-state index contributed by atoms with van der Waals surface area (Å²) in [5, 5.41) is 5.13. The number of amides is 1. The lowest BCUT2D eigenvalue weighted by atomic mass is 9.99. The number of para-hydroxylation sites is 1. The predicted molar refractivity (Wildman–Crippen MR) is 93.9 cm³/mol. The van der Waals surface area contributed by atoms with Crippen LogP contribution in [0.5, 0.6) is 0 Å². The van der Waals surface area contributed by atoms with E-state index in [1.807, 2.05) is 54.6 Å². The monoisotopic (exact) mass is 305 g/mol. The van der Waals surface area contributed by atoms with Crippen LogP contribution < -0.4 is 5.43 Å². The molecule has 2 N–H and O–H groups in total. The Morgan fingerprint density at radius 2 is 1.78 bits per heavy atom. The second-order valence-corrected chi connectivity index (χ2v) is 5.72. The largest absolute Gasteiger partial charge is 0.350 e. The molecule has 0 aliphatic heterocycles. The maximum absolute atomic E-state index is 12.5. The summed E-state index contributed by atoms with van der Waals surface area (Å²) in [4.78, 5) is 15.7. The summed E-state index contributed by atoms with van der Waals surface area (Å²) in [7, 11) is 0. The molecular formula is C19H19N3O. The number of hydrazone groups is 1. The molecule has 0 spiro atoms. The molecule has 23 heavy (non-hydrogen) atoms. The fourth-order valence-corrected chi connectivity index (χ4v) is 2.70. The van der Waals surface area contributed by atoms with Crippen molar-refractivity contribution in [2.75, 3.05) is 0 Å². The number of fused-ring (bicyclic) bond motifs is 1. The maximum Gasteiger partial charge on any atom is 0.288 e. The number of H-pyrrole nitrogens is 1. The lowest BCUT2D eigenvalue weighted by Crippen LogP contribution is -2.19. The number of carbonyl (C=O) groups is 1. The van der Waals surface area contributed by atoms with Crippen LogP contribution in [-0.4, -0.2) is 17.1 Å². The molecule has 1 amide bonds. The Morgan fingerprint density at radius 3 is 2.52 bits per heavy atom. The van der Waals surface area contributed by atoms with Crippen molar-refractivity contribution in [2.45, 2.75) is 19.8 Å². The average Bonchev–Trinajstić information content (AvgIpc) is 2.95. The van der Waals surface area contributed by atoms with E-state index in [1.54, 1.807) is 6.21 Å². The van der Waals surface area contributed by atoms with Crippen LogP contribution in [0, 0.1) is 0 Å². The predicted octanol–water partition coefficient (Wildman–Crippen LogP) is 4.06. The molecule has 1 heterocycles. The molecule has 4 nitrogen and oxygen atoms in total. The minimum Gasteiger partial charge on any atom is -0.350 e. The Kier molecular flexibility index (Phi) is 4.24. The fourth-order valence-electron chi connectivity index (χ4n) is 2.70. The Labute approximate surface area is 135 Å². The van der Waals surface area contributed by atoms with E-state index in [9.17, 15) is 4.79 Å². The number of nitrogens with one attached hydrogen (secondary N) is 2. The molecule has 0 fully saturated rings. The van der Waals surface area contributed by atoms with Crippen LogP contribution in [0.25, 0.3) is 10.9 Å². The summed E-state index contributed by atoms with van der Waals surface area (Å²) >= 11 is 0. The molecule has 0 bridgehead atoms. The first-order chi connectivity index (χ1) is 11.2. The van der Waals surface area contributed by atoms with E-state index in [4.69, 9.17) is 0 Å². The smallest absolute Gasteiger partial charge is 0.288 e. The molecule has 116 valence electrons. The second-order valence-electron chi connectivity index (χ2n) is 5.72. The molecule has 0 aliphatic rings. The number of nitrogens with zero attached hydrogens (tertiary/aromatic N) is 1. The standard InChI is InChI=1S/C19H19N3O/c1-13(2)17-15-10-6-7-11-16(15)21-18(17)19(23)22-20-12-14-8-4-3-5-9-14/h3-13,21H,1-2H3,(H,22,23)/b20-12+. The van der Waals surface area contributed by atoms with Crippen LogP contribution in [0.1, 0.15) is 41.4 Å². The molecule has 2 aromatic carbocycles. The Balaban J connectivity index is 1.86. The number of hydrogen-bond acceptors (Lipinski definition) is 2. The van der Waals surface area contributed by atoms with Gasteiger partial charge in [-0.2, -0.15) is 5.10 Å². The van der Waals surface area contributed by atoms with Gasteiger partial charge in [0.25, 0.3) is 5.91 Å². The number of aromatic amines is 1. The van der Waals surface area contributed by atoms with Gasteiger partial charge < -0.3 is 4.98 Å². The highest BCUT2D eigenvalue weighted by Gasteiger charge is 2.19. The zero-order chi connectivity index (χ0) is 16.2. The summed E-state index contributed by atoms with van der Waals surface area (Å²) < 4.78 is 0. The SMILES string of the molecule is CC(C)c1c(C(=O)N/N=C/c2ccccc2)[nH]c2ccccc12. The third-order valence-corrected chi connectivity index (χ3v) is 3.73. The van der Waals surface area contributed by atoms with E-state index in [0.717, 1.165) is 22.0 Å². The van der Waals surface area contributed by atoms with Crippen molar-refractivity contribution in [3.63, 3.8) is 0 Å². The normalized spacial score (nSPS) is 11.4. The summed E-state index contributed by atoms with van der Waals surface area (Å²) in [6, 6.07) is 17.6. The van der Waals surface area contributed by atoms with Crippen LogP contribution in [0.3, 0.4) is 0 Å². The van der Waals surface area contributed by atoms with Gasteiger partial charge in [0, 0.05) is 10.9 Å². The summed E-state index contributed by atoms with van der Waals surface area (Å²) in [6.07, 6.45) is 1.63. The molecule has 4 heteroatoms. The topological polar surface area (TPSA) is 57.2 Å². The maximum atomic E-state index is 12.5. The van der Waals surface area contributed by atoms with Crippen molar-refractivity contribution < 1.29 is 4.79 Å². The molecule has 1 aromatic heterocycles. The first-order valence-corrected chi connectivity index (χ1v) is 7.66. The van der Waals surface area contributed by atoms with Gasteiger partial charge in [-0.05, 0) is 23.1 Å². The molecule has 0 saturated heterocycles. The van der Waals surface area contributed by atoms with Crippen LogP contribution in [0.15, 0.2) is 59.7 Å². The van der Waals surface area contributed by atoms with Crippen molar-refractivity contribution in [3.05, 3.63) is 71.4 Å². The highest BCUT2D eigenvalue weighted by atomic mass is 16.2. The van der Waals surface area contributed by atoms with E-state index >= 15 is 0 Å². The van der Waals surface area contributed by atoms with E-state index in [2.05, 4.69) is 29.4 Å². The third kappa shape index (κ3) is 3.16. The molecule has 3 aromatic rings. The molecule has 0 unspecified atom stereocenters. The number of hydrogen-bond donors (Lipinski definition) is 2. The van der Waals surface area contributed by atoms with Crippen molar-refractivity contribution in [3.8, 4) is 0 Å². The van der Waals surface area contributed by atoms with Gasteiger partial charge in [0.2, 0.25) is 0 Å². The van der Waals surface area contributed by atoms with Crippen molar-refractivity contribution in [1.82, 2.24) is 10.4 Å². The first kappa shape index (κ1) is 15.0. The molecule has 3 rings (SSSR count). The van der Waals surface area contributed by atoms with E-state index in [-0.39, 0.29) is 11.8 Å². The minimum atomic E-state index is -0.225. The second kappa shape index (κ2) is 6.48. The summed E-state index contributed by atoms with van der Waals surface area (Å²) in [5.74, 6) is 0.0158. The minimum absolute atomic E-state index is 0.225. The van der Waals surface area contributed by atoms with Crippen LogP contribution in [-0.2, 0) is 0 Å². The van der Waals surface area contributed by atoms with Gasteiger partial charge in [-0.15, -0.1) is 0 Å². The Hall–Kier alpha value is -2.88. The first-order valence-electron chi connectivity index (χ1n) is 7.66. The summed E-state index contributed by atoms with van der Waals surface area (Å²) in [6.45, 7) is 4.17. The van der Waals surface area contributed by atoms with Crippen molar-refractivity contribution in [1.29, 1.82) is 0 Å².